The number of nitrogens with two attached hydrogens (primary N) is 1. The number of benzene rings is 2. The van der Waals surface area contributed by atoms with E-state index in [1.807, 2.05) is 30.3 Å². The molecule has 1 aliphatic rings. The molecule has 0 spiro atoms. The lowest BCUT2D eigenvalue weighted by molar-refractivity contribution is -0.137. The molecule has 1 unspecified atom stereocenters. The summed E-state index contributed by atoms with van der Waals surface area (Å²) in [4.78, 5) is 12.5. The van der Waals surface area contributed by atoms with Crippen LogP contribution in [0.4, 0.5) is 13.2 Å². The van der Waals surface area contributed by atoms with Crippen LogP contribution in [0.25, 0.3) is 0 Å². The van der Waals surface area contributed by atoms with E-state index < -0.39 is 35.9 Å². The molecule has 0 aromatic heterocycles. The maximum absolute atomic E-state index is 14.4. The van der Waals surface area contributed by atoms with Gasteiger partial charge in [-0.1, -0.05) is 30.3 Å². The molecular formula is C21H24F3N3O. The molecule has 2 aromatic carbocycles. The van der Waals surface area contributed by atoms with Gasteiger partial charge in [0.05, 0.1) is 11.6 Å². The smallest absolute Gasteiger partial charge is 0.234 e. The van der Waals surface area contributed by atoms with Gasteiger partial charge in [0.1, 0.15) is 18.3 Å². The summed E-state index contributed by atoms with van der Waals surface area (Å²) < 4.78 is 41.1. The van der Waals surface area contributed by atoms with Gasteiger partial charge in [-0.2, -0.15) is 0 Å². The van der Waals surface area contributed by atoms with Crippen molar-refractivity contribution in [3.63, 3.8) is 0 Å². The lowest BCUT2D eigenvalue weighted by Crippen LogP contribution is -2.49. The van der Waals surface area contributed by atoms with Gasteiger partial charge in [-0.25, -0.2) is 18.6 Å². The molecule has 3 rings (SSSR count). The number of carbonyl (C=O) groups excluding carboxylic acids is 1. The molecule has 7 heteroatoms. The van der Waals surface area contributed by atoms with Crippen molar-refractivity contribution in [2.24, 2.45) is 5.73 Å². The molecule has 0 radical (unpaired) electrons. The first-order chi connectivity index (χ1) is 13.4. The number of rotatable bonds is 6. The maximum Gasteiger partial charge on any atom is 0.234 e. The lowest BCUT2D eigenvalue weighted by Gasteiger charge is -2.38. The summed E-state index contributed by atoms with van der Waals surface area (Å²) in [5.74, 6) is -1.37. The zero-order chi connectivity index (χ0) is 20.3. The van der Waals surface area contributed by atoms with Gasteiger partial charge in [0.2, 0.25) is 5.91 Å². The Morgan fingerprint density at radius 2 is 2.00 bits per heavy atom. The Kier molecular flexibility index (Phi) is 6.05. The van der Waals surface area contributed by atoms with E-state index >= 15 is 0 Å². The van der Waals surface area contributed by atoms with Crippen LogP contribution in [0.2, 0.25) is 0 Å². The molecule has 4 nitrogen and oxygen atoms in total. The van der Waals surface area contributed by atoms with Gasteiger partial charge >= 0.3 is 0 Å². The van der Waals surface area contributed by atoms with Crippen molar-refractivity contribution in [2.45, 2.75) is 43.8 Å². The predicted molar refractivity (Wildman–Crippen MR) is 101 cm³/mol. The molecule has 1 aliphatic heterocycles. The maximum atomic E-state index is 14.4. The van der Waals surface area contributed by atoms with Crippen LogP contribution in [0.1, 0.15) is 43.4 Å². The molecule has 3 atom stereocenters. The predicted octanol–water partition coefficient (Wildman–Crippen LogP) is 3.74. The average Bonchev–Trinajstić information content (AvgIpc) is 3.09. The highest BCUT2D eigenvalue weighted by Gasteiger charge is 2.49. The van der Waals surface area contributed by atoms with Crippen LogP contribution in [0, 0.1) is 11.6 Å². The first-order valence-electron chi connectivity index (χ1n) is 9.26. The number of nitrogens with zero attached hydrogens (tertiary/aromatic N) is 1. The first-order valence-corrected chi connectivity index (χ1v) is 9.26. The Morgan fingerprint density at radius 1 is 1.29 bits per heavy atom. The number of amides is 1. The molecular weight excluding hydrogens is 367 g/mol. The van der Waals surface area contributed by atoms with E-state index in [9.17, 15) is 18.0 Å². The number of hydrogen-bond donors (Lipinski definition) is 2. The summed E-state index contributed by atoms with van der Waals surface area (Å²) in [5.41, 5.74) is 8.98. The van der Waals surface area contributed by atoms with Gasteiger partial charge in [0.15, 0.2) is 0 Å². The minimum atomic E-state index is -0.844. The third-order valence-electron chi connectivity index (χ3n) is 5.34. The van der Waals surface area contributed by atoms with Gasteiger partial charge in [-0.3, -0.25) is 9.80 Å². The molecule has 1 amide bonds. The van der Waals surface area contributed by atoms with E-state index in [-0.39, 0.29) is 11.5 Å². The number of hydrazine groups is 1. The molecule has 0 bridgehead atoms. The summed E-state index contributed by atoms with van der Waals surface area (Å²) in [6.07, 6.45) is 1.05. The Labute approximate surface area is 162 Å². The highest BCUT2D eigenvalue weighted by atomic mass is 19.1. The third-order valence-corrected chi connectivity index (χ3v) is 5.34. The second kappa shape index (κ2) is 8.32. The number of nitrogens with one attached hydrogen (secondary N) is 1. The van der Waals surface area contributed by atoms with Gasteiger partial charge in [0.25, 0.3) is 0 Å². The van der Waals surface area contributed by atoms with Crippen LogP contribution in [0.3, 0.4) is 0 Å². The molecule has 1 fully saturated rings. The number of hydrogen-bond acceptors (Lipinski definition) is 3. The SMILES string of the molecule is CC(=O)N1NC(c2cc(F)ccc2F)C[C@]1(CC[C@@H](N)CF)c1ccccc1. The Bertz CT molecular complexity index is 833. The molecule has 1 saturated heterocycles. The fourth-order valence-electron chi connectivity index (χ4n) is 3.96. The van der Waals surface area contributed by atoms with Crippen LogP contribution in [-0.4, -0.2) is 23.6 Å². The normalized spacial score (nSPS) is 23.0. The second-order valence-electron chi connectivity index (χ2n) is 7.26. The number of carbonyl (C=O) groups is 1. The van der Waals surface area contributed by atoms with E-state index in [2.05, 4.69) is 5.43 Å². The van der Waals surface area contributed by atoms with Crippen molar-refractivity contribution >= 4 is 5.91 Å². The van der Waals surface area contributed by atoms with Crippen LogP contribution < -0.4 is 11.2 Å². The fourth-order valence-corrected chi connectivity index (χ4v) is 3.96. The van der Waals surface area contributed by atoms with E-state index in [0.29, 0.717) is 19.3 Å². The van der Waals surface area contributed by atoms with Gasteiger partial charge in [-0.15, -0.1) is 0 Å². The first kappa shape index (κ1) is 20.4. The molecule has 0 aliphatic carbocycles. The van der Waals surface area contributed by atoms with Gasteiger partial charge < -0.3 is 5.73 Å². The average molecular weight is 391 g/mol. The third kappa shape index (κ3) is 3.91. The van der Waals surface area contributed by atoms with Crippen molar-refractivity contribution < 1.29 is 18.0 Å². The summed E-state index contributed by atoms with van der Waals surface area (Å²) in [5, 5.41) is 1.46. The quantitative estimate of drug-likeness (QED) is 0.789. The highest BCUT2D eigenvalue weighted by Crippen LogP contribution is 2.46. The topological polar surface area (TPSA) is 58.4 Å². The molecule has 150 valence electrons. The Morgan fingerprint density at radius 3 is 2.64 bits per heavy atom. The largest absolute Gasteiger partial charge is 0.325 e. The minimum Gasteiger partial charge on any atom is -0.325 e. The monoisotopic (exact) mass is 391 g/mol. The second-order valence-corrected chi connectivity index (χ2v) is 7.26. The van der Waals surface area contributed by atoms with E-state index in [1.165, 1.54) is 11.9 Å². The molecule has 0 saturated carbocycles. The van der Waals surface area contributed by atoms with E-state index in [0.717, 1.165) is 23.8 Å². The van der Waals surface area contributed by atoms with Crippen LogP contribution in [-0.2, 0) is 10.3 Å². The minimum absolute atomic E-state index is 0.152. The van der Waals surface area contributed by atoms with Crippen molar-refractivity contribution in [3.05, 3.63) is 71.3 Å². The number of halogens is 3. The Hall–Kier alpha value is -2.38. The summed E-state index contributed by atoms with van der Waals surface area (Å²) in [7, 11) is 0. The zero-order valence-electron chi connectivity index (χ0n) is 15.7. The van der Waals surface area contributed by atoms with Crippen molar-refractivity contribution in [1.29, 1.82) is 0 Å². The van der Waals surface area contributed by atoms with Crippen LogP contribution in [0.15, 0.2) is 48.5 Å². The van der Waals surface area contributed by atoms with E-state index in [4.69, 9.17) is 5.73 Å². The zero-order valence-corrected chi connectivity index (χ0v) is 15.7. The van der Waals surface area contributed by atoms with Crippen molar-refractivity contribution in [1.82, 2.24) is 10.4 Å². The van der Waals surface area contributed by atoms with Gasteiger partial charge in [0, 0.05) is 18.5 Å². The molecule has 2 aromatic rings. The van der Waals surface area contributed by atoms with Crippen LogP contribution in [0.5, 0.6) is 0 Å². The summed E-state index contributed by atoms with van der Waals surface area (Å²) >= 11 is 0. The number of alkyl halides is 1. The van der Waals surface area contributed by atoms with Crippen molar-refractivity contribution in [3.8, 4) is 0 Å². The van der Waals surface area contributed by atoms with Gasteiger partial charge in [-0.05, 0) is 43.0 Å². The molecule has 3 N–H and O–H groups in total. The lowest BCUT2D eigenvalue weighted by atomic mass is 9.79. The summed E-state index contributed by atoms with van der Waals surface area (Å²) in [6, 6.07) is 11.3. The Balaban J connectivity index is 2.05. The standard InChI is InChI=1S/C21H24F3N3O/c1-14(28)27-21(10-9-17(25)13-22,15-5-3-2-4-6-15)12-20(26-27)18-11-16(23)7-8-19(18)24/h2-8,11,17,20,26H,9-10,12-13,25H2,1H3/t17-,20?,21-/m1/s1. The highest BCUT2D eigenvalue weighted by molar-refractivity contribution is 5.74. The fraction of sp³-hybridized carbons (Fsp3) is 0.381. The molecule has 1 heterocycles. The van der Waals surface area contributed by atoms with Crippen molar-refractivity contribution in [2.75, 3.05) is 6.67 Å². The van der Waals surface area contributed by atoms with E-state index in [1.54, 1.807) is 0 Å². The molecule has 28 heavy (non-hydrogen) atoms. The van der Waals surface area contributed by atoms with Crippen LogP contribution >= 0.6 is 0 Å². The summed E-state index contributed by atoms with van der Waals surface area (Å²) in [6.45, 7) is 0.740.